The molecule has 5 heteroatoms. The third-order valence-electron chi connectivity index (χ3n) is 3.97. The van der Waals surface area contributed by atoms with Crippen molar-refractivity contribution in [3.63, 3.8) is 0 Å². The molecule has 0 aromatic rings. The maximum atomic E-state index is 11.5. The Balaban J connectivity index is 2.65. The van der Waals surface area contributed by atoms with Crippen molar-refractivity contribution in [3.8, 4) is 0 Å². The molecule has 0 N–H and O–H groups in total. The lowest BCUT2D eigenvalue weighted by atomic mass is 9.83. The molecule has 2 unspecified atom stereocenters. The third-order valence-corrected chi connectivity index (χ3v) is 3.97. The number of nitrogens with zero attached hydrogens (tertiary/aromatic N) is 1. The highest BCUT2D eigenvalue weighted by molar-refractivity contribution is 5.74. The summed E-state index contributed by atoms with van der Waals surface area (Å²) < 4.78 is 9.41. The molecule has 2 atom stereocenters. The Bertz CT molecular complexity index is 288. The first-order valence-corrected chi connectivity index (χ1v) is 6.98. The van der Waals surface area contributed by atoms with Crippen LogP contribution in [0.5, 0.6) is 0 Å². The van der Waals surface area contributed by atoms with E-state index >= 15 is 0 Å². The average Bonchev–Trinajstić information content (AvgIpc) is 2.46. The lowest BCUT2D eigenvalue weighted by molar-refractivity contribution is -0.147. The van der Waals surface area contributed by atoms with E-state index in [0.29, 0.717) is 5.92 Å². The van der Waals surface area contributed by atoms with Crippen molar-refractivity contribution in [3.05, 3.63) is 0 Å². The molecule has 5 nitrogen and oxygen atoms in total. The number of ether oxygens (including phenoxy) is 2. The summed E-state index contributed by atoms with van der Waals surface area (Å²) in [5, 5.41) is 0. The van der Waals surface area contributed by atoms with Gasteiger partial charge in [-0.2, -0.15) is 0 Å². The van der Waals surface area contributed by atoms with Crippen LogP contribution in [0.1, 0.15) is 39.0 Å². The summed E-state index contributed by atoms with van der Waals surface area (Å²) in [5.41, 5.74) is 0. The van der Waals surface area contributed by atoms with Crippen LogP contribution >= 0.6 is 0 Å². The lowest BCUT2D eigenvalue weighted by Crippen LogP contribution is -2.45. The Labute approximate surface area is 115 Å². The second-order valence-electron chi connectivity index (χ2n) is 5.15. The van der Waals surface area contributed by atoms with Gasteiger partial charge < -0.3 is 9.47 Å². The number of methoxy groups -OCH3 is 2. The summed E-state index contributed by atoms with van der Waals surface area (Å²) in [5.74, 6) is 0.0848. The van der Waals surface area contributed by atoms with Crippen molar-refractivity contribution in [1.82, 2.24) is 4.90 Å². The summed E-state index contributed by atoms with van der Waals surface area (Å²) in [4.78, 5) is 24.8. The van der Waals surface area contributed by atoms with Gasteiger partial charge in [0.05, 0.1) is 27.3 Å². The van der Waals surface area contributed by atoms with Crippen LogP contribution in [0, 0.1) is 5.92 Å². The Kier molecular flexibility index (Phi) is 6.84. The van der Waals surface area contributed by atoms with Crippen LogP contribution in [0.2, 0.25) is 0 Å². The van der Waals surface area contributed by atoms with Gasteiger partial charge in [-0.15, -0.1) is 0 Å². The number of carbonyl (C=O) groups is 2. The summed E-state index contributed by atoms with van der Waals surface area (Å²) in [6.07, 6.45) is 5.63. The predicted octanol–water partition coefficient (Wildman–Crippen LogP) is 1.60. The van der Waals surface area contributed by atoms with Gasteiger partial charge in [0.2, 0.25) is 0 Å². The van der Waals surface area contributed by atoms with Crippen LogP contribution < -0.4 is 0 Å². The number of rotatable bonds is 6. The molecule has 110 valence electrons. The fourth-order valence-corrected chi connectivity index (χ4v) is 2.74. The van der Waals surface area contributed by atoms with Gasteiger partial charge in [0, 0.05) is 6.04 Å². The van der Waals surface area contributed by atoms with Gasteiger partial charge in [-0.05, 0) is 18.8 Å². The van der Waals surface area contributed by atoms with E-state index in [1.54, 1.807) is 0 Å². The zero-order valence-electron chi connectivity index (χ0n) is 12.2. The molecule has 0 aliphatic heterocycles. The average molecular weight is 271 g/mol. The Morgan fingerprint density at radius 2 is 1.68 bits per heavy atom. The first kappa shape index (κ1) is 16.0. The number of esters is 2. The van der Waals surface area contributed by atoms with Gasteiger partial charge in [-0.3, -0.25) is 14.5 Å². The van der Waals surface area contributed by atoms with Crippen LogP contribution in [-0.4, -0.2) is 50.2 Å². The topological polar surface area (TPSA) is 55.8 Å². The van der Waals surface area contributed by atoms with Gasteiger partial charge in [0.15, 0.2) is 0 Å². The molecule has 1 fully saturated rings. The Morgan fingerprint density at radius 1 is 1.11 bits per heavy atom. The van der Waals surface area contributed by atoms with Gasteiger partial charge in [-0.1, -0.05) is 26.2 Å². The fourth-order valence-electron chi connectivity index (χ4n) is 2.74. The minimum atomic E-state index is -0.303. The van der Waals surface area contributed by atoms with Gasteiger partial charge in [0.1, 0.15) is 0 Å². The van der Waals surface area contributed by atoms with E-state index in [4.69, 9.17) is 9.47 Å². The molecule has 1 aliphatic rings. The highest BCUT2D eigenvalue weighted by Crippen LogP contribution is 2.29. The standard InChI is InChI=1S/C14H25NO4/c1-4-11-6-5-7-12(8-11)15(9-13(16)18-2)10-14(17)19-3/h11-12H,4-10H2,1-3H3. The highest BCUT2D eigenvalue weighted by atomic mass is 16.5. The highest BCUT2D eigenvalue weighted by Gasteiger charge is 2.28. The molecule has 0 spiro atoms. The number of hydrogen-bond acceptors (Lipinski definition) is 5. The SMILES string of the molecule is CCC1CCCC(N(CC(=O)OC)CC(=O)OC)C1. The van der Waals surface area contributed by atoms with Crippen molar-refractivity contribution in [2.75, 3.05) is 27.3 Å². The molecule has 19 heavy (non-hydrogen) atoms. The Morgan fingerprint density at radius 3 is 2.16 bits per heavy atom. The van der Waals surface area contributed by atoms with Crippen LogP contribution in [0.25, 0.3) is 0 Å². The van der Waals surface area contributed by atoms with Crippen molar-refractivity contribution >= 4 is 11.9 Å². The number of carbonyl (C=O) groups excluding carboxylic acids is 2. The van der Waals surface area contributed by atoms with Crippen molar-refractivity contribution in [2.24, 2.45) is 5.92 Å². The zero-order valence-corrected chi connectivity index (χ0v) is 12.2. The maximum Gasteiger partial charge on any atom is 0.319 e. The molecule has 1 saturated carbocycles. The monoisotopic (exact) mass is 271 g/mol. The predicted molar refractivity (Wildman–Crippen MR) is 71.6 cm³/mol. The van der Waals surface area contributed by atoms with Gasteiger partial charge in [0.25, 0.3) is 0 Å². The van der Waals surface area contributed by atoms with Crippen molar-refractivity contribution in [2.45, 2.75) is 45.1 Å². The molecule has 1 aliphatic carbocycles. The molecule has 0 aromatic carbocycles. The molecular weight excluding hydrogens is 246 g/mol. The first-order chi connectivity index (χ1) is 9.10. The zero-order chi connectivity index (χ0) is 14.3. The van der Waals surface area contributed by atoms with E-state index in [9.17, 15) is 9.59 Å². The van der Waals surface area contributed by atoms with Crippen LogP contribution in [0.15, 0.2) is 0 Å². The van der Waals surface area contributed by atoms with E-state index in [0.717, 1.165) is 25.7 Å². The summed E-state index contributed by atoms with van der Waals surface area (Å²) in [6.45, 7) is 2.51. The van der Waals surface area contributed by atoms with Crippen molar-refractivity contribution in [1.29, 1.82) is 0 Å². The van der Waals surface area contributed by atoms with Crippen LogP contribution in [0.4, 0.5) is 0 Å². The maximum absolute atomic E-state index is 11.5. The van der Waals surface area contributed by atoms with E-state index in [1.807, 2.05) is 4.90 Å². The normalized spacial score (nSPS) is 23.2. The molecule has 0 bridgehead atoms. The van der Waals surface area contributed by atoms with E-state index in [-0.39, 0.29) is 31.1 Å². The molecular formula is C14H25NO4. The first-order valence-electron chi connectivity index (χ1n) is 6.98. The molecule has 0 amide bonds. The summed E-state index contributed by atoms with van der Waals surface area (Å²) in [7, 11) is 2.74. The minimum Gasteiger partial charge on any atom is -0.468 e. The van der Waals surface area contributed by atoms with Crippen molar-refractivity contribution < 1.29 is 19.1 Å². The van der Waals surface area contributed by atoms with Gasteiger partial charge >= 0.3 is 11.9 Å². The van der Waals surface area contributed by atoms with Crippen LogP contribution in [-0.2, 0) is 19.1 Å². The molecule has 0 saturated heterocycles. The molecule has 0 radical (unpaired) electrons. The molecule has 1 rings (SSSR count). The molecule has 0 heterocycles. The quantitative estimate of drug-likeness (QED) is 0.687. The number of hydrogen-bond donors (Lipinski definition) is 0. The second-order valence-corrected chi connectivity index (χ2v) is 5.15. The summed E-state index contributed by atoms with van der Waals surface area (Å²) in [6, 6.07) is 0.275. The van der Waals surface area contributed by atoms with E-state index in [1.165, 1.54) is 20.6 Å². The smallest absolute Gasteiger partial charge is 0.319 e. The lowest BCUT2D eigenvalue weighted by Gasteiger charge is -2.36. The van der Waals surface area contributed by atoms with E-state index < -0.39 is 0 Å². The van der Waals surface area contributed by atoms with E-state index in [2.05, 4.69) is 6.92 Å². The second kappa shape index (κ2) is 8.15. The third kappa shape index (κ3) is 5.19. The minimum absolute atomic E-state index is 0.159. The Hall–Kier alpha value is -1.10. The largest absolute Gasteiger partial charge is 0.468 e. The van der Waals surface area contributed by atoms with Crippen LogP contribution in [0.3, 0.4) is 0 Å². The summed E-state index contributed by atoms with van der Waals surface area (Å²) >= 11 is 0. The van der Waals surface area contributed by atoms with Gasteiger partial charge in [-0.25, -0.2) is 0 Å². The fraction of sp³-hybridized carbons (Fsp3) is 0.857. The molecule has 0 aromatic heterocycles.